The Balaban J connectivity index is 2.21. The van der Waals surface area contributed by atoms with Crippen LogP contribution >= 0.6 is 11.6 Å². The van der Waals surface area contributed by atoms with Gasteiger partial charge in [-0.3, -0.25) is 0 Å². The van der Waals surface area contributed by atoms with Crippen molar-refractivity contribution in [2.75, 3.05) is 13.1 Å². The normalized spacial score (nSPS) is 21.1. The van der Waals surface area contributed by atoms with E-state index in [-0.39, 0.29) is 17.7 Å². The highest BCUT2D eigenvalue weighted by Crippen LogP contribution is 2.25. The van der Waals surface area contributed by atoms with Crippen LogP contribution in [0.2, 0.25) is 5.15 Å². The van der Waals surface area contributed by atoms with Gasteiger partial charge in [-0.05, 0) is 52.7 Å². The highest BCUT2D eigenvalue weighted by Gasteiger charge is 2.41. The first kappa shape index (κ1) is 18.0. The van der Waals surface area contributed by atoms with Crippen molar-refractivity contribution in [1.29, 1.82) is 0 Å². The summed E-state index contributed by atoms with van der Waals surface area (Å²) in [6.45, 7) is 11.3. The molecule has 0 bridgehead atoms. The second kappa shape index (κ2) is 6.65. The zero-order chi connectivity index (χ0) is 17.3. The molecule has 1 atom stereocenters. The van der Waals surface area contributed by atoms with E-state index in [9.17, 15) is 4.79 Å². The summed E-state index contributed by atoms with van der Waals surface area (Å²) < 4.78 is 5.58. The Morgan fingerprint density at radius 2 is 2.17 bits per heavy atom. The van der Waals surface area contributed by atoms with Gasteiger partial charge in [0.25, 0.3) is 0 Å². The number of hydrogen-bond donors (Lipinski definition) is 1. The number of amides is 1. The molecular formula is C17H26ClN3O2. The molecular weight excluding hydrogens is 314 g/mol. The highest BCUT2D eigenvalue weighted by atomic mass is 35.5. The molecule has 0 spiro atoms. The van der Waals surface area contributed by atoms with Crippen molar-refractivity contribution in [3.8, 4) is 0 Å². The Hall–Kier alpha value is -1.33. The van der Waals surface area contributed by atoms with Crippen LogP contribution in [-0.4, -0.2) is 46.2 Å². The molecule has 1 saturated heterocycles. The van der Waals surface area contributed by atoms with Crippen molar-refractivity contribution in [3.63, 3.8) is 0 Å². The van der Waals surface area contributed by atoms with Crippen molar-refractivity contribution >= 4 is 17.7 Å². The molecule has 2 heterocycles. The summed E-state index contributed by atoms with van der Waals surface area (Å²) in [6.07, 6.45) is 2.20. The van der Waals surface area contributed by atoms with Crippen LogP contribution < -0.4 is 5.32 Å². The summed E-state index contributed by atoms with van der Waals surface area (Å²) in [7, 11) is 0. The highest BCUT2D eigenvalue weighted by molar-refractivity contribution is 6.29. The van der Waals surface area contributed by atoms with Crippen LogP contribution in [0.25, 0.3) is 0 Å². The number of nitrogens with one attached hydrogen (secondary N) is 1. The van der Waals surface area contributed by atoms with Crippen LogP contribution in [0.3, 0.4) is 0 Å². The minimum atomic E-state index is -0.502. The van der Waals surface area contributed by atoms with E-state index in [1.54, 1.807) is 12.3 Å². The number of aromatic nitrogens is 1. The van der Waals surface area contributed by atoms with E-state index in [1.165, 1.54) is 0 Å². The molecule has 6 heteroatoms. The molecule has 1 N–H and O–H groups in total. The second-order valence-corrected chi connectivity index (χ2v) is 7.92. The molecule has 23 heavy (non-hydrogen) atoms. The SMILES string of the molecule is CC(C)(C)OC(=O)N1CCNC(C)(C)C1Cc1ccc(Cl)nc1. The summed E-state index contributed by atoms with van der Waals surface area (Å²) in [6, 6.07) is 3.71. The first-order valence-corrected chi connectivity index (χ1v) is 8.31. The first-order chi connectivity index (χ1) is 10.6. The third kappa shape index (κ3) is 4.82. The molecule has 5 nitrogen and oxygen atoms in total. The minimum absolute atomic E-state index is 0.0194. The summed E-state index contributed by atoms with van der Waals surface area (Å²) in [5, 5.41) is 3.96. The van der Waals surface area contributed by atoms with Crippen LogP contribution in [0.4, 0.5) is 4.79 Å². The number of carbonyl (C=O) groups is 1. The van der Waals surface area contributed by atoms with Gasteiger partial charge in [0.2, 0.25) is 0 Å². The van der Waals surface area contributed by atoms with Crippen LogP contribution in [0.15, 0.2) is 18.3 Å². The molecule has 1 fully saturated rings. The average molecular weight is 340 g/mol. The van der Waals surface area contributed by atoms with Crippen molar-refractivity contribution in [2.45, 2.75) is 58.2 Å². The summed E-state index contributed by atoms with van der Waals surface area (Å²) >= 11 is 5.85. The van der Waals surface area contributed by atoms with Crippen LogP contribution in [0, 0.1) is 0 Å². The quantitative estimate of drug-likeness (QED) is 0.840. The van der Waals surface area contributed by atoms with Gasteiger partial charge >= 0.3 is 6.09 Å². The van der Waals surface area contributed by atoms with Crippen LogP contribution in [-0.2, 0) is 11.2 Å². The predicted octanol–water partition coefficient (Wildman–Crippen LogP) is 3.27. The molecule has 2 rings (SSSR count). The van der Waals surface area contributed by atoms with E-state index in [2.05, 4.69) is 24.1 Å². The molecule has 1 aliphatic rings. The maximum absolute atomic E-state index is 12.6. The number of carbonyl (C=O) groups excluding carboxylic acids is 1. The molecule has 1 amide bonds. The Bertz CT molecular complexity index is 552. The molecule has 0 radical (unpaired) electrons. The van der Waals surface area contributed by atoms with E-state index in [0.717, 1.165) is 12.1 Å². The predicted molar refractivity (Wildman–Crippen MR) is 91.8 cm³/mol. The monoisotopic (exact) mass is 339 g/mol. The summed E-state index contributed by atoms with van der Waals surface area (Å²) in [5.74, 6) is 0. The fourth-order valence-corrected chi connectivity index (χ4v) is 2.93. The first-order valence-electron chi connectivity index (χ1n) is 7.93. The van der Waals surface area contributed by atoms with Gasteiger partial charge < -0.3 is 15.0 Å². The van der Waals surface area contributed by atoms with E-state index < -0.39 is 5.60 Å². The Morgan fingerprint density at radius 1 is 1.48 bits per heavy atom. The fourth-order valence-electron chi connectivity index (χ4n) is 2.82. The average Bonchev–Trinajstić information content (AvgIpc) is 2.41. The van der Waals surface area contributed by atoms with E-state index in [0.29, 0.717) is 18.1 Å². The van der Waals surface area contributed by atoms with Crippen LogP contribution in [0.1, 0.15) is 40.2 Å². The van der Waals surface area contributed by atoms with Crippen molar-refractivity contribution in [2.24, 2.45) is 0 Å². The standard InChI is InChI=1S/C17H26ClN3O2/c1-16(2,3)23-15(22)21-9-8-20-17(4,5)13(21)10-12-6-7-14(18)19-11-12/h6-7,11,13,20H,8-10H2,1-5H3. The molecule has 128 valence electrons. The lowest BCUT2D eigenvalue weighted by atomic mass is 9.86. The second-order valence-electron chi connectivity index (χ2n) is 7.53. The number of rotatable bonds is 2. The Labute approximate surface area is 143 Å². The third-order valence-corrected chi connectivity index (χ3v) is 4.21. The zero-order valence-corrected chi connectivity index (χ0v) is 15.3. The molecule has 1 aromatic rings. The van der Waals surface area contributed by atoms with Gasteiger partial charge in [0, 0.05) is 24.8 Å². The van der Waals surface area contributed by atoms with Gasteiger partial charge in [-0.1, -0.05) is 17.7 Å². The lowest BCUT2D eigenvalue weighted by Gasteiger charge is -2.47. The Morgan fingerprint density at radius 3 is 2.74 bits per heavy atom. The lowest BCUT2D eigenvalue weighted by Crippen LogP contribution is -2.66. The molecule has 1 unspecified atom stereocenters. The van der Waals surface area contributed by atoms with Gasteiger partial charge in [0.1, 0.15) is 10.8 Å². The maximum atomic E-state index is 12.6. The zero-order valence-electron chi connectivity index (χ0n) is 14.5. The number of nitrogens with zero attached hydrogens (tertiary/aromatic N) is 2. The summed E-state index contributed by atoms with van der Waals surface area (Å²) in [4.78, 5) is 18.6. The van der Waals surface area contributed by atoms with E-state index in [4.69, 9.17) is 16.3 Å². The number of piperazine rings is 1. The van der Waals surface area contributed by atoms with Gasteiger partial charge in [-0.2, -0.15) is 0 Å². The number of hydrogen-bond acceptors (Lipinski definition) is 4. The number of ether oxygens (including phenoxy) is 1. The molecule has 0 aliphatic carbocycles. The topological polar surface area (TPSA) is 54.5 Å². The number of halogens is 1. The Kier molecular flexibility index (Phi) is 5.21. The van der Waals surface area contributed by atoms with Gasteiger partial charge in [-0.15, -0.1) is 0 Å². The van der Waals surface area contributed by atoms with Gasteiger partial charge in [0.05, 0.1) is 6.04 Å². The van der Waals surface area contributed by atoms with Crippen molar-refractivity contribution in [1.82, 2.24) is 15.2 Å². The van der Waals surface area contributed by atoms with Crippen molar-refractivity contribution in [3.05, 3.63) is 29.0 Å². The van der Waals surface area contributed by atoms with Gasteiger partial charge in [-0.25, -0.2) is 9.78 Å². The molecule has 0 saturated carbocycles. The summed E-state index contributed by atoms with van der Waals surface area (Å²) in [5.41, 5.74) is 0.331. The van der Waals surface area contributed by atoms with E-state index in [1.807, 2.05) is 31.7 Å². The molecule has 1 aromatic heterocycles. The van der Waals surface area contributed by atoms with Crippen molar-refractivity contribution < 1.29 is 9.53 Å². The molecule has 1 aliphatic heterocycles. The number of pyridine rings is 1. The smallest absolute Gasteiger partial charge is 0.410 e. The lowest BCUT2D eigenvalue weighted by molar-refractivity contribution is -0.00361. The third-order valence-electron chi connectivity index (χ3n) is 3.99. The fraction of sp³-hybridized carbons (Fsp3) is 0.647. The van der Waals surface area contributed by atoms with Gasteiger partial charge in [0.15, 0.2) is 0 Å². The maximum Gasteiger partial charge on any atom is 0.410 e. The minimum Gasteiger partial charge on any atom is -0.444 e. The molecule has 0 aromatic carbocycles. The van der Waals surface area contributed by atoms with Crippen LogP contribution in [0.5, 0.6) is 0 Å². The largest absolute Gasteiger partial charge is 0.444 e. The van der Waals surface area contributed by atoms with E-state index >= 15 is 0 Å².